The van der Waals surface area contributed by atoms with Crippen molar-refractivity contribution < 1.29 is 18.7 Å². The van der Waals surface area contributed by atoms with Gasteiger partial charge in [-0.3, -0.25) is 4.79 Å². The number of carbonyl (C=O) groups is 1. The molecule has 0 heterocycles. The van der Waals surface area contributed by atoms with E-state index >= 15 is 0 Å². The largest absolute Gasteiger partial charge is 0.481 e. The van der Waals surface area contributed by atoms with Crippen molar-refractivity contribution in [1.82, 2.24) is 0 Å². The van der Waals surface area contributed by atoms with Gasteiger partial charge >= 0.3 is 5.97 Å². The Bertz CT molecular complexity index is 392. The number of rotatable bonds is 6. The SMILES string of the molecule is CCC(N)C(CC(=O)O)c1ccc(C(F)F)cc1. The van der Waals surface area contributed by atoms with Gasteiger partial charge in [0.05, 0.1) is 6.42 Å². The summed E-state index contributed by atoms with van der Waals surface area (Å²) in [6.45, 7) is 1.87. The van der Waals surface area contributed by atoms with Crippen LogP contribution in [0, 0.1) is 0 Å². The minimum atomic E-state index is -2.52. The standard InChI is InChI=1S/C13H17F2NO2/c1-2-11(16)10(7-12(17)18)8-3-5-9(6-4-8)13(14)15/h3-6,10-11,13H,2,7,16H2,1H3,(H,17,18). The van der Waals surface area contributed by atoms with E-state index in [9.17, 15) is 13.6 Å². The van der Waals surface area contributed by atoms with Crippen LogP contribution in [-0.4, -0.2) is 17.1 Å². The van der Waals surface area contributed by atoms with E-state index in [2.05, 4.69) is 0 Å². The topological polar surface area (TPSA) is 63.3 Å². The zero-order chi connectivity index (χ0) is 13.7. The Labute approximate surface area is 105 Å². The number of nitrogens with two attached hydrogens (primary N) is 1. The third-order valence-electron chi connectivity index (χ3n) is 3.00. The molecule has 3 N–H and O–H groups in total. The molecule has 2 unspecified atom stereocenters. The third kappa shape index (κ3) is 3.77. The van der Waals surface area contributed by atoms with Crippen LogP contribution >= 0.6 is 0 Å². The van der Waals surface area contributed by atoms with Crippen LogP contribution in [0.15, 0.2) is 24.3 Å². The maximum Gasteiger partial charge on any atom is 0.304 e. The summed E-state index contributed by atoms with van der Waals surface area (Å²) in [6.07, 6.45) is -1.98. The molecule has 1 aromatic carbocycles. The summed E-state index contributed by atoms with van der Waals surface area (Å²) in [5.41, 5.74) is 6.50. The fourth-order valence-electron chi connectivity index (χ4n) is 1.88. The molecule has 0 saturated carbocycles. The van der Waals surface area contributed by atoms with Crippen molar-refractivity contribution in [3.63, 3.8) is 0 Å². The fourth-order valence-corrected chi connectivity index (χ4v) is 1.88. The monoisotopic (exact) mass is 257 g/mol. The zero-order valence-corrected chi connectivity index (χ0v) is 10.1. The van der Waals surface area contributed by atoms with Crippen LogP contribution in [0.25, 0.3) is 0 Å². The van der Waals surface area contributed by atoms with E-state index in [-0.39, 0.29) is 23.9 Å². The van der Waals surface area contributed by atoms with Crippen molar-refractivity contribution in [3.8, 4) is 0 Å². The maximum absolute atomic E-state index is 12.4. The van der Waals surface area contributed by atoms with Gasteiger partial charge in [0.25, 0.3) is 6.43 Å². The zero-order valence-electron chi connectivity index (χ0n) is 10.1. The van der Waals surface area contributed by atoms with Crippen LogP contribution in [0.4, 0.5) is 8.78 Å². The number of halogens is 2. The molecule has 0 aliphatic carbocycles. The molecule has 0 radical (unpaired) electrons. The quantitative estimate of drug-likeness (QED) is 0.823. The Kier molecular flexibility index (Phi) is 5.22. The molecule has 18 heavy (non-hydrogen) atoms. The molecule has 3 nitrogen and oxygen atoms in total. The Hall–Kier alpha value is -1.49. The highest BCUT2D eigenvalue weighted by molar-refractivity contribution is 5.68. The minimum Gasteiger partial charge on any atom is -0.481 e. The molecule has 0 aliphatic rings. The molecular formula is C13H17F2NO2. The average molecular weight is 257 g/mol. The summed E-state index contributed by atoms with van der Waals surface area (Å²) in [7, 11) is 0. The summed E-state index contributed by atoms with van der Waals surface area (Å²) in [5, 5.41) is 8.86. The minimum absolute atomic E-state index is 0.0714. The molecule has 100 valence electrons. The molecular weight excluding hydrogens is 240 g/mol. The van der Waals surface area contributed by atoms with Crippen molar-refractivity contribution >= 4 is 5.97 Å². The number of benzene rings is 1. The lowest BCUT2D eigenvalue weighted by atomic mass is 9.87. The third-order valence-corrected chi connectivity index (χ3v) is 3.00. The van der Waals surface area contributed by atoms with Gasteiger partial charge in [0.15, 0.2) is 0 Å². The van der Waals surface area contributed by atoms with Crippen LogP contribution in [-0.2, 0) is 4.79 Å². The van der Waals surface area contributed by atoms with E-state index in [1.807, 2.05) is 6.92 Å². The first kappa shape index (κ1) is 14.6. The van der Waals surface area contributed by atoms with E-state index in [1.165, 1.54) is 24.3 Å². The van der Waals surface area contributed by atoms with E-state index in [0.717, 1.165) is 0 Å². The first-order valence-electron chi connectivity index (χ1n) is 5.81. The molecule has 0 fully saturated rings. The summed E-state index contributed by atoms with van der Waals surface area (Å²) in [4.78, 5) is 10.8. The van der Waals surface area contributed by atoms with E-state index in [4.69, 9.17) is 10.8 Å². The van der Waals surface area contributed by atoms with E-state index < -0.39 is 12.4 Å². The van der Waals surface area contributed by atoms with Crippen molar-refractivity contribution in [2.75, 3.05) is 0 Å². The van der Waals surface area contributed by atoms with Gasteiger partial charge in [0.2, 0.25) is 0 Å². The van der Waals surface area contributed by atoms with Crippen molar-refractivity contribution in [3.05, 3.63) is 35.4 Å². The van der Waals surface area contributed by atoms with Gasteiger partial charge in [-0.25, -0.2) is 8.78 Å². The Morgan fingerprint density at radius 2 is 1.78 bits per heavy atom. The van der Waals surface area contributed by atoms with Gasteiger partial charge in [-0.15, -0.1) is 0 Å². The molecule has 0 amide bonds. The molecule has 0 spiro atoms. The lowest BCUT2D eigenvalue weighted by Crippen LogP contribution is -2.29. The van der Waals surface area contributed by atoms with Crippen molar-refractivity contribution in [1.29, 1.82) is 0 Å². The van der Waals surface area contributed by atoms with E-state index in [1.54, 1.807) is 0 Å². The van der Waals surface area contributed by atoms with Gasteiger partial charge in [-0.2, -0.15) is 0 Å². The lowest BCUT2D eigenvalue weighted by Gasteiger charge is -2.22. The molecule has 0 aromatic heterocycles. The van der Waals surface area contributed by atoms with Gasteiger partial charge < -0.3 is 10.8 Å². The van der Waals surface area contributed by atoms with Gasteiger partial charge in [-0.1, -0.05) is 31.2 Å². The number of alkyl halides is 2. The van der Waals surface area contributed by atoms with Gasteiger partial charge in [-0.05, 0) is 12.0 Å². The molecule has 0 saturated heterocycles. The number of carboxylic acid groups (broad SMARTS) is 1. The highest BCUT2D eigenvalue weighted by Crippen LogP contribution is 2.27. The average Bonchev–Trinajstić information content (AvgIpc) is 2.35. The second kappa shape index (κ2) is 6.44. The molecule has 5 heteroatoms. The Morgan fingerprint density at radius 1 is 1.28 bits per heavy atom. The molecule has 1 aromatic rings. The number of carboxylic acids is 1. The maximum atomic E-state index is 12.4. The second-order valence-electron chi connectivity index (χ2n) is 4.24. The summed E-state index contributed by atoms with van der Waals surface area (Å²) in [5.74, 6) is -1.29. The summed E-state index contributed by atoms with van der Waals surface area (Å²) < 4.78 is 24.8. The van der Waals surface area contributed by atoms with Gasteiger partial charge in [0, 0.05) is 17.5 Å². The summed E-state index contributed by atoms with van der Waals surface area (Å²) >= 11 is 0. The van der Waals surface area contributed by atoms with Gasteiger partial charge in [0.1, 0.15) is 0 Å². The molecule has 0 bridgehead atoms. The summed E-state index contributed by atoms with van der Waals surface area (Å²) in [6, 6.07) is 5.41. The molecule has 1 rings (SSSR count). The first-order valence-corrected chi connectivity index (χ1v) is 5.81. The molecule has 0 aliphatic heterocycles. The Balaban J connectivity index is 2.94. The van der Waals surface area contributed by atoms with Crippen molar-refractivity contribution in [2.24, 2.45) is 5.73 Å². The lowest BCUT2D eigenvalue weighted by molar-refractivity contribution is -0.137. The molecule has 2 atom stereocenters. The van der Waals surface area contributed by atoms with Crippen LogP contribution in [0.1, 0.15) is 43.2 Å². The van der Waals surface area contributed by atoms with Crippen LogP contribution in [0.3, 0.4) is 0 Å². The van der Waals surface area contributed by atoms with Crippen LogP contribution in [0.5, 0.6) is 0 Å². The normalized spacial score (nSPS) is 14.5. The highest BCUT2D eigenvalue weighted by Gasteiger charge is 2.22. The Morgan fingerprint density at radius 3 is 2.17 bits per heavy atom. The highest BCUT2D eigenvalue weighted by atomic mass is 19.3. The second-order valence-corrected chi connectivity index (χ2v) is 4.24. The number of hydrogen-bond donors (Lipinski definition) is 2. The number of aliphatic carboxylic acids is 1. The fraction of sp³-hybridized carbons (Fsp3) is 0.462. The van der Waals surface area contributed by atoms with Crippen LogP contribution in [0.2, 0.25) is 0 Å². The van der Waals surface area contributed by atoms with Crippen molar-refractivity contribution in [2.45, 2.75) is 38.2 Å². The number of hydrogen-bond acceptors (Lipinski definition) is 2. The smallest absolute Gasteiger partial charge is 0.304 e. The van der Waals surface area contributed by atoms with E-state index in [0.29, 0.717) is 12.0 Å². The predicted molar refractivity (Wildman–Crippen MR) is 64.7 cm³/mol. The van der Waals surface area contributed by atoms with Crippen LogP contribution < -0.4 is 5.73 Å². The first-order chi connectivity index (χ1) is 8.45. The predicted octanol–water partition coefficient (Wildman–Crippen LogP) is 2.92.